The fraction of sp³-hybridized carbons (Fsp3) is 0.133. The van der Waals surface area contributed by atoms with Gasteiger partial charge in [0.1, 0.15) is 5.82 Å². The van der Waals surface area contributed by atoms with Gasteiger partial charge in [-0.1, -0.05) is 28.1 Å². The molecule has 2 aromatic rings. The molecule has 4 heteroatoms. The second kappa shape index (κ2) is 5.53. The number of benzene rings is 2. The number of anilines is 1. The van der Waals surface area contributed by atoms with Crippen molar-refractivity contribution in [3.05, 3.63) is 63.4 Å². The summed E-state index contributed by atoms with van der Waals surface area (Å²) in [5.74, 6) is -0.696. The van der Waals surface area contributed by atoms with E-state index in [1.165, 1.54) is 6.07 Å². The van der Waals surface area contributed by atoms with Crippen molar-refractivity contribution in [2.45, 2.75) is 13.8 Å². The minimum Gasteiger partial charge on any atom is -0.322 e. The normalized spacial score (nSPS) is 10.3. The number of aryl methyl sites for hydroxylation is 2. The van der Waals surface area contributed by atoms with Crippen LogP contribution in [0.5, 0.6) is 0 Å². The fourth-order valence-corrected chi connectivity index (χ4v) is 2.02. The quantitative estimate of drug-likeness (QED) is 0.869. The summed E-state index contributed by atoms with van der Waals surface area (Å²) >= 11 is 3.35. The fourth-order valence-electron chi connectivity index (χ4n) is 1.66. The Morgan fingerprint density at radius 1 is 1.11 bits per heavy atom. The van der Waals surface area contributed by atoms with E-state index in [0.29, 0.717) is 16.8 Å². The van der Waals surface area contributed by atoms with Crippen molar-refractivity contribution in [2.24, 2.45) is 0 Å². The molecule has 0 aromatic heterocycles. The molecule has 0 saturated carbocycles. The molecule has 0 aliphatic carbocycles. The lowest BCUT2D eigenvalue weighted by Crippen LogP contribution is -2.13. The molecule has 0 bridgehead atoms. The van der Waals surface area contributed by atoms with E-state index < -0.39 is 0 Å². The molecule has 0 radical (unpaired) electrons. The maximum Gasteiger partial charge on any atom is 0.255 e. The van der Waals surface area contributed by atoms with E-state index in [1.807, 2.05) is 25.1 Å². The van der Waals surface area contributed by atoms with E-state index in [4.69, 9.17) is 0 Å². The average Bonchev–Trinajstić information content (AvgIpc) is 2.37. The van der Waals surface area contributed by atoms with Crippen LogP contribution in [-0.4, -0.2) is 5.91 Å². The number of halogens is 2. The van der Waals surface area contributed by atoms with Crippen molar-refractivity contribution in [1.29, 1.82) is 0 Å². The van der Waals surface area contributed by atoms with Crippen LogP contribution in [0, 0.1) is 19.7 Å². The van der Waals surface area contributed by atoms with E-state index in [9.17, 15) is 9.18 Å². The van der Waals surface area contributed by atoms with Gasteiger partial charge in [0.15, 0.2) is 0 Å². The molecular weight excluding hydrogens is 309 g/mol. The second-order valence-corrected chi connectivity index (χ2v) is 5.29. The topological polar surface area (TPSA) is 29.1 Å². The highest BCUT2D eigenvalue weighted by molar-refractivity contribution is 9.10. The second-order valence-electron chi connectivity index (χ2n) is 4.38. The standard InChI is InChI=1S/C15H13BrFNO/c1-9-3-5-11(7-13(9)17)15(19)18-14-8-12(16)6-4-10(14)2/h3-8H,1-2H3,(H,18,19). The van der Waals surface area contributed by atoms with Crippen molar-refractivity contribution >= 4 is 27.5 Å². The van der Waals surface area contributed by atoms with Crippen molar-refractivity contribution in [3.63, 3.8) is 0 Å². The minimum atomic E-state index is -0.376. The SMILES string of the molecule is Cc1ccc(C(=O)Nc2cc(Br)ccc2C)cc1F. The van der Waals surface area contributed by atoms with Crippen molar-refractivity contribution < 1.29 is 9.18 Å². The van der Waals surface area contributed by atoms with E-state index in [0.717, 1.165) is 10.0 Å². The Balaban J connectivity index is 2.25. The van der Waals surface area contributed by atoms with Crippen LogP contribution in [0.15, 0.2) is 40.9 Å². The van der Waals surface area contributed by atoms with Gasteiger partial charge in [-0.2, -0.15) is 0 Å². The van der Waals surface area contributed by atoms with Crippen molar-refractivity contribution in [2.75, 3.05) is 5.32 Å². The van der Waals surface area contributed by atoms with Gasteiger partial charge < -0.3 is 5.32 Å². The van der Waals surface area contributed by atoms with Crippen LogP contribution < -0.4 is 5.32 Å². The molecule has 0 spiro atoms. The number of carbonyl (C=O) groups is 1. The van der Waals surface area contributed by atoms with E-state index in [-0.39, 0.29) is 11.7 Å². The van der Waals surface area contributed by atoms with Gasteiger partial charge in [0, 0.05) is 15.7 Å². The largest absolute Gasteiger partial charge is 0.322 e. The van der Waals surface area contributed by atoms with Gasteiger partial charge in [0.2, 0.25) is 0 Å². The van der Waals surface area contributed by atoms with Gasteiger partial charge in [0.05, 0.1) is 0 Å². The molecule has 1 N–H and O–H groups in total. The summed E-state index contributed by atoms with van der Waals surface area (Å²) in [5, 5.41) is 2.78. The van der Waals surface area contributed by atoms with Gasteiger partial charge in [-0.25, -0.2) is 4.39 Å². The smallest absolute Gasteiger partial charge is 0.255 e. The monoisotopic (exact) mass is 321 g/mol. The minimum absolute atomic E-state index is 0.308. The lowest BCUT2D eigenvalue weighted by molar-refractivity contribution is 0.102. The first-order chi connectivity index (χ1) is 8.97. The lowest BCUT2D eigenvalue weighted by atomic mass is 10.1. The molecule has 2 rings (SSSR count). The average molecular weight is 322 g/mol. The molecule has 2 aromatic carbocycles. The molecule has 0 fully saturated rings. The highest BCUT2D eigenvalue weighted by Crippen LogP contribution is 2.21. The van der Waals surface area contributed by atoms with Crippen LogP contribution in [-0.2, 0) is 0 Å². The van der Waals surface area contributed by atoms with Gasteiger partial charge in [-0.15, -0.1) is 0 Å². The number of rotatable bonds is 2. The number of carbonyl (C=O) groups excluding carboxylic acids is 1. The zero-order chi connectivity index (χ0) is 14.0. The van der Waals surface area contributed by atoms with Gasteiger partial charge in [-0.05, 0) is 49.2 Å². The third kappa shape index (κ3) is 3.20. The first-order valence-corrected chi connectivity index (χ1v) is 6.60. The predicted octanol–water partition coefficient (Wildman–Crippen LogP) is 4.46. The summed E-state index contributed by atoms with van der Waals surface area (Å²) in [4.78, 5) is 12.0. The Bertz CT molecular complexity index is 640. The number of hydrogen-bond acceptors (Lipinski definition) is 1. The molecule has 0 heterocycles. The Labute approximate surface area is 119 Å². The molecule has 1 amide bonds. The maximum absolute atomic E-state index is 13.4. The summed E-state index contributed by atoms with van der Waals surface area (Å²) < 4.78 is 14.3. The Morgan fingerprint density at radius 3 is 2.47 bits per heavy atom. The van der Waals surface area contributed by atoms with Crippen LogP contribution in [0.4, 0.5) is 10.1 Å². The first kappa shape index (κ1) is 13.7. The zero-order valence-electron chi connectivity index (χ0n) is 10.6. The van der Waals surface area contributed by atoms with Crippen LogP contribution in [0.2, 0.25) is 0 Å². The third-order valence-electron chi connectivity index (χ3n) is 2.88. The molecule has 0 aliphatic heterocycles. The van der Waals surface area contributed by atoms with Crippen LogP contribution in [0.1, 0.15) is 21.5 Å². The summed E-state index contributed by atoms with van der Waals surface area (Å²) in [6, 6.07) is 10.1. The van der Waals surface area contributed by atoms with Crippen molar-refractivity contribution in [3.8, 4) is 0 Å². The Morgan fingerprint density at radius 2 is 1.79 bits per heavy atom. The van der Waals surface area contributed by atoms with Crippen LogP contribution in [0.25, 0.3) is 0 Å². The van der Waals surface area contributed by atoms with Gasteiger partial charge in [-0.3, -0.25) is 4.79 Å². The Kier molecular flexibility index (Phi) is 4.00. The third-order valence-corrected chi connectivity index (χ3v) is 3.38. The number of nitrogens with one attached hydrogen (secondary N) is 1. The van der Waals surface area contributed by atoms with Crippen molar-refractivity contribution in [1.82, 2.24) is 0 Å². The Hall–Kier alpha value is -1.68. The number of hydrogen-bond donors (Lipinski definition) is 1. The van der Waals surface area contributed by atoms with Crippen LogP contribution in [0.3, 0.4) is 0 Å². The predicted molar refractivity (Wildman–Crippen MR) is 78.0 cm³/mol. The molecule has 19 heavy (non-hydrogen) atoms. The summed E-state index contributed by atoms with van der Waals surface area (Å²) in [7, 11) is 0. The highest BCUT2D eigenvalue weighted by Gasteiger charge is 2.10. The van der Waals surface area contributed by atoms with Gasteiger partial charge >= 0.3 is 0 Å². The van der Waals surface area contributed by atoms with Gasteiger partial charge in [0.25, 0.3) is 5.91 Å². The lowest BCUT2D eigenvalue weighted by Gasteiger charge is -2.09. The zero-order valence-corrected chi connectivity index (χ0v) is 12.2. The molecular formula is C15H13BrFNO. The summed E-state index contributed by atoms with van der Waals surface area (Å²) in [6.45, 7) is 3.56. The van der Waals surface area contributed by atoms with E-state index in [1.54, 1.807) is 19.1 Å². The highest BCUT2D eigenvalue weighted by atomic mass is 79.9. The number of amides is 1. The maximum atomic E-state index is 13.4. The van der Waals surface area contributed by atoms with E-state index in [2.05, 4.69) is 21.2 Å². The van der Waals surface area contributed by atoms with E-state index >= 15 is 0 Å². The molecule has 0 aliphatic rings. The molecule has 98 valence electrons. The first-order valence-electron chi connectivity index (χ1n) is 5.81. The summed E-state index contributed by atoms with van der Waals surface area (Å²) in [5.41, 5.74) is 2.49. The molecule has 0 saturated heterocycles. The summed E-state index contributed by atoms with van der Waals surface area (Å²) in [6.07, 6.45) is 0. The molecule has 0 unspecified atom stereocenters. The molecule has 0 atom stereocenters. The van der Waals surface area contributed by atoms with Crippen LogP contribution >= 0.6 is 15.9 Å². The molecule has 2 nitrogen and oxygen atoms in total.